The molecule has 142 valence electrons. The van der Waals surface area contributed by atoms with Crippen molar-refractivity contribution in [3.63, 3.8) is 0 Å². The topological polar surface area (TPSA) is 63.2 Å². The van der Waals surface area contributed by atoms with Crippen molar-refractivity contribution < 1.29 is 4.74 Å². The van der Waals surface area contributed by atoms with E-state index in [9.17, 15) is 0 Å². The van der Waals surface area contributed by atoms with Crippen molar-refractivity contribution in [2.24, 2.45) is 0 Å². The van der Waals surface area contributed by atoms with Gasteiger partial charge in [0.25, 0.3) is 0 Å². The van der Waals surface area contributed by atoms with Gasteiger partial charge >= 0.3 is 0 Å². The highest BCUT2D eigenvalue weighted by atomic mass is 16.5. The van der Waals surface area contributed by atoms with Gasteiger partial charge in [-0.2, -0.15) is 10.1 Å². The van der Waals surface area contributed by atoms with E-state index in [2.05, 4.69) is 43.6 Å². The molecule has 0 amide bonds. The molecule has 0 bridgehead atoms. The van der Waals surface area contributed by atoms with Crippen LogP contribution in [0.3, 0.4) is 0 Å². The Morgan fingerprint density at radius 2 is 1.66 bits per heavy atom. The molecule has 0 radical (unpaired) electrons. The molecule has 6 heteroatoms. The third-order valence-corrected chi connectivity index (χ3v) is 4.81. The highest BCUT2D eigenvalue weighted by Gasteiger charge is 2.21. The van der Waals surface area contributed by atoms with Crippen LogP contribution in [0, 0.1) is 0 Å². The maximum absolute atomic E-state index is 6.01. The van der Waals surface area contributed by atoms with Crippen molar-refractivity contribution in [3.8, 4) is 11.5 Å². The molecule has 1 N–H and O–H groups in total. The number of ether oxygens (including phenoxy) is 1. The van der Waals surface area contributed by atoms with Gasteiger partial charge in [-0.15, -0.1) is 5.10 Å². The molecular weight excluding hydrogens is 362 g/mol. The monoisotopic (exact) mass is 381 g/mol. The molecule has 1 aliphatic heterocycles. The van der Waals surface area contributed by atoms with Crippen LogP contribution in [0.15, 0.2) is 85.1 Å². The van der Waals surface area contributed by atoms with E-state index in [4.69, 9.17) is 4.74 Å². The molecule has 5 rings (SSSR count). The van der Waals surface area contributed by atoms with Gasteiger partial charge in [0.1, 0.15) is 5.75 Å². The van der Waals surface area contributed by atoms with Crippen LogP contribution in [0.5, 0.6) is 11.5 Å². The number of aromatic nitrogens is 3. The third-order valence-electron chi connectivity index (χ3n) is 4.81. The summed E-state index contributed by atoms with van der Waals surface area (Å²) in [6.45, 7) is 0.880. The number of fused-ring (bicyclic) bond motifs is 1. The van der Waals surface area contributed by atoms with Crippen molar-refractivity contribution in [1.82, 2.24) is 15.2 Å². The molecule has 0 fully saturated rings. The fraction of sp³-hybridized carbons (Fsp3) is 0.0870. The number of nitrogens with one attached hydrogen (secondary N) is 1. The van der Waals surface area contributed by atoms with Crippen LogP contribution in [0.1, 0.15) is 5.56 Å². The highest BCUT2D eigenvalue weighted by molar-refractivity contribution is 5.68. The Kier molecular flexibility index (Phi) is 4.50. The van der Waals surface area contributed by atoms with E-state index in [0.29, 0.717) is 11.7 Å². The lowest BCUT2D eigenvalue weighted by Gasteiger charge is -2.18. The van der Waals surface area contributed by atoms with Crippen LogP contribution >= 0.6 is 0 Å². The Morgan fingerprint density at radius 3 is 2.59 bits per heavy atom. The first-order chi connectivity index (χ1) is 14.4. The van der Waals surface area contributed by atoms with Crippen molar-refractivity contribution in [1.29, 1.82) is 0 Å². The molecule has 1 aromatic heterocycles. The maximum atomic E-state index is 6.01. The van der Waals surface area contributed by atoms with Gasteiger partial charge in [0.05, 0.1) is 11.9 Å². The van der Waals surface area contributed by atoms with Crippen molar-refractivity contribution >= 4 is 23.1 Å². The fourth-order valence-electron chi connectivity index (χ4n) is 3.45. The number of para-hydroxylation sites is 4. The van der Waals surface area contributed by atoms with Gasteiger partial charge in [0, 0.05) is 12.2 Å². The minimum atomic E-state index is 0.427. The lowest BCUT2D eigenvalue weighted by molar-refractivity contribution is 0.485. The molecule has 4 aromatic rings. The highest BCUT2D eigenvalue weighted by Crippen LogP contribution is 2.34. The zero-order valence-electron chi connectivity index (χ0n) is 15.7. The summed E-state index contributed by atoms with van der Waals surface area (Å²) in [4.78, 5) is 6.85. The second kappa shape index (κ2) is 7.59. The zero-order chi connectivity index (χ0) is 19.5. The minimum absolute atomic E-state index is 0.427. The quantitative estimate of drug-likeness (QED) is 0.519. The van der Waals surface area contributed by atoms with E-state index in [1.807, 2.05) is 60.7 Å². The van der Waals surface area contributed by atoms with Gasteiger partial charge in [-0.05, 0) is 42.3 Å². The molecule has 3 aromatic carbocycles. The van der Waals surface area contributed by atoms with E-state index < -0.39 is 0 Å². The SMILES string of the molecule is c1ccc(Oc2ccccc2Nc2nncc(N3CCc4ccccc43)n2)cc1. The molecular formula is C23H19N5O. The third kappa shape index (κ3) is 3.60. The number of benzene rings is 3. The summed E-state index contributed by atoms with van der Waals surface area (Å²) in [5.74, 6) is 2.66. The van der Waals surface area contributed by atoms with Crippen LogP contribution in [0.2, 0.25) is 0 Å². The minimum Gasteiger partial charge on any atom is -0.455 e. The smallest absolute Gasteiger partial charge is 0.249 e. The summed E-state index contributed by atoms with van der Waals surface area (Å²) < 4.78 is 6.01. The van der Waals surface area contributed by atoms with Crippen molar-refractivity contribution in [3.05, 3.63) is 90.6 Å². The molecule has 0 spiro atoms. The second-order valence-electron chi connectivity index (χ2n) is 6.70. The molecule has 0 saturated carbocycles. The summed E-state index contributed by atoms with van der Waals surface area (Å²) in [5.41, 5.74) is 3.27. The molecule has 1 aliphatic rings. The predicted molar refractivity (Wildman–Crippen MR) is 113 cm³/mol. The van der Waals surface area contributed by atoms with E-state index in [-0.39, 0.29) is 0 Å². The molecule has 0 atom stereocenters. The summed E-state index contributed by atoms with van der Waals surface area (Å²) in [6.07, 6.45) is 2.69. The molecule has 6 nitrogen and oxygen atoms in total. The Bertz CT molecular complexity index is 1130. The van der Waals surface area contributed by atoms with E-state index in [1.54, 1.807) is 6.20 Å². The van der Waals surface area contributed by atoms with Gasteiger partial charge in [0.2, 0.25) is 5.95 Å². The van der Waals surface area contributed by atoms with Crippen LogP contribution in [-0.4, -0.2) is 21.7 Å². The Morgan fingerprint density at radius 1 is 0.862 bits per heavy atom. The predicted octanol–water partition coefficient (Wildman–Crippen LogP) is 5.10. The Balaban J connectivity index is 1.41. The van der Waals surface area contributed by atoms with E-state index >= 15 is 0 Å². The largest absolute Gasteiger partial charge is 0.455 e. The molecule has 29 heavy (non-hydrogen) atoms. The van der Waals surface area contributed by atoms with Gasteiger partial charge in [-0.1, -0.05) is 48.5 Å². The second-order valence-corrected chi connectivity index (χ2v) is 6.70. The first-order valence-corrected chi connectivity index (χ1v) is 9.51. The van der Waals surface area contributed by atoms with Crippen LogP contribution in [0.25, 0.3) is 0 Å². The molecule has 0 unspecified atom stereocenters. The van der Waals surface area contributed by atoms with Crippen molar-refractivity contribution in [2.45, 2.75) is 6.42 Å². The average molecular weight is 381 g/mol. The van der Waals surface area contributed by atoms with Gasteiger partial charge in [-0.25, -0.2) is 0 Å². The van der Waals surface area contributed by atoms with Crippen LogP contribution in [-0.2, 0) is 6.42 Å². The van der Waals surface area contributed by atoms with E-state index in [1.165, 1.54) is 11.3 Å². The lowest BCUT2D eigenvalue weighted by Crippen LogP contribution is -2.16. The Labute approximate surface area is 168 Å². The number of hydrogen-bond acceptors (Lipinski definition) is 6. The van der Waals surface area contributed by atoms with Gasteiger partial charge in [0.15, 0.2) is 11.6 Å². The Hall–Kier alpha value is -3.93. The summed E-state index contributed by atoms with van der Waals surface area (Å²) in [7, 11) is 0. The van der Waals surface area contributed by atoms with Crippen LogP contribution in [0.4, 0.5) is 23.1 Å². The number of anilines is 4. The lowest BCUT2D eigenvalue weighted by atomic mass is 10.2. The summed E-state index contributed by atoms with van der Waals surface area (Å²) in [6, 6.07) is 25.8. The summed E-state index contributed by atoms with van der Waals surface area (Å²) in [5, 5.41) is 11.6. The number of rotatable bonds is 5. The van der Waals surface area contributed by atoms with E-state index in [0.717, 1.165) is 30.2 Å². The fourth-order valence-corrected chi connectivity index (χ4v) is 3.45. The number of nitrogens with zero attached hydrogens (tertiary/aromatic N) is 4. The maximum Gasteiger partial charge on any atom is 0.249 e. The molecule has 0 saturated heterocycles. The summed E-state index contributed by atoms with van der Waals surface area (Å²) >= 11 is 0. The molecule has 2 heterocycles. The first kappa shape index (κ1) is 17.2. The first-order valence-electron chi connectivity index (χ1n) is 9.51. The zero-order valence-corrected chi connectivity index (χ0v) is 15.7. The molecule has 0 aliphatic carbocycles. The average Bonchev–Trinajstić information content (AvgIpc) is 3.20. The van der Waals surface area contributed by atoms with Gasteiger partial charge < -0.3 is 15.0 Å². The normalized spacial score (nSPS) is 12.5. The standard InChI is InChI=1S/C23H19N5O/c1-2-9-18(10-3-1)29-21-13-7-5-11-19(21)25-23-26-22(16-24-27-23)28-15-14-17-8-4-6-12-20(17)28/h1-13,16H,14-15H2,(H,25,26,27). The van der Waals surface area contributed by atoms with Gasteiger partial charge in [-0.3, -0.25) is 0 Å². The van der Waals surface area contributed by atoms with Crippen LogP contribution < -0.4 is 15.0 Å². The van der Waals surface area contributed by atoms with Crippen molar-refractivity contribution in [2.75, 3.05) is 16.8 Å². The number of hydrogen-bond donors (Lipinski definition) is 1.